The van der Waals surface area contributed by atoms with E-state index in [-0.39, 0.29) is 0 Å². The van der Waals surface area contributed by atoms with Crippen LogP contribution in [0.4, 0.5) is 0 Å². The maximum Gasteiger partial charge on any atom is 0.145 e. The maximum atomic E-state index is 10.2. The minimum atomic E-state index is 0.338. The van der Waals surface area contributed by atoms with Gasteiger partial charge in [-0.15, -0.1) is 0 Å². The van der Waals surface area contributed by atoms with Gasteiger partial charge in [0.15, 0.2) is 0 Å². The highest BCUT2D eigenvalue weighted by atomic mass is 16.1. The molecule has 0 aromatic carbocycles. The molecule has 0 aromatic rings. The number of rotatable bonds is 2. The molecule has 1 heteroatoms. The van der Waals surface area contributed by atoms with E-state index in [0.717, 1.165) is 11.9 Å². The molecule has 0 spiro atoms. The van der Waals surface area contributed by atoms with Crippen molar-refractivity contribution in [2.75, 3.05) is 0 Å². The summed E-state index contributed by atoms with van der Waals surface area (Å²) < 4.78 is 0. The molecule has 1 rings (SSSR count). The molecule has 0 bridgehead atoms. The van der Waals surface area contributed by atoms with Gasteiger partial charge in [0.05, 0.1) is 0 Å². The first-order valence-corrected chi connectivity index (χ1v) is 3.31. The van der Waals surface area contributed by atoms with Gasteiger partial charge in [0.2, 0.25) is 0 Å². The van der Waals surface area contributed by atoms with Crippen LogP contribution in [0.15, 0.2) is 36.0 Å². The Kier molecular flexibility index (Phi) is 2.21. The molecule has 0 unspecified atom stereocenters. The van der Waals surface area contributed by atoms with E-state index < -0.39 is 0 Å². The lowest BCUT2D eigenvalue weighted by atomic mass is 10.1. The topological polar surface area (TPSA) is 17.1 Å². The average molecular weight is 134 g/mol. The lowest BCUT2D eigenvalue weighted by Crippen LogP contribution is -1.85. The molecule has 10 heavy (non-hydrogen) atoms. The summed E-state index contributed by atoms with van der Waals surface area (Å²) in [4.78, 5) is 10.2. The van der Waals surface area contributed by atoms with Crippen LogP contribution in [0.25, 0.3) is 0 Å². The Morgan fingerprint density at radius 2 is 2.00 bits per heavy atom. The van der Waals surface area contributed by atoms with Crippen molar-refractivity contribution >= 4 is 6.29 Å². The molecule has 0 saturated carbocycles. The summed E-state index contributed by atoms with van der Waals surface area (Å²) in [5.74, 6) is 0.338. The second-order valence-corrected chi connectivity index (χ2v) is 2.38. The van der Waals surface area contributed by atoms with E-state index in [1.165, 1.54) is 0 Å². The molecular weight excluding hydrogens is 124 g/mol. The van der Waals surface area contributed by atoms with Gasteiger partial charge in [-0.1, -0.05) is 30.4 Å². The number of hydrogen-bond acceptors (Lipinski definition) is 1. The number of aldehydes is 1. The number of carbonyl (C=O) groups excluding carboxylic acids is 1. The molecular formula is C9H10O. The Morgan fingerprint density at radius 1 is 1.40 bits per heavy atom. The number of carbonyl (C=O) groups is 1. The van der Waals surface area contributed by atoms with Crippen LogP contribution in [-0.4, -0.2) is 6.29 Å². The zero-order valence-electron chi connectivity index (χ0n) is 5.95. The molecule has 0 atom stereocenters. The Morgan fingerprint density at radius 3 is 2.50 bits per heavy atom. The fourth-order valence-corrected chi connectivity index (χ4v) is 0.903. The number of allylic oxidation sites excluding steroid dienone is 6. The summed E-state index contributed by atoms with van der Waals surface area (Å²) in [6.45, 7) is 1.81. The van der Waals surface area contributed by atoms with E-state index in [1.54, 1.807) is 0 Å². The van der Waals surface area contributed by atoms with Crippen molar-refractivity contribution in [2.45, 2.75) is 6.92 Å². The van der Waals surface area contributed by atoms with Crippen LogP contribution in [0, 0.1) is 5.92 Å². The highest BCUT2D eigenvalue weighted by Gasteiger charge is 1.98. The van der Waals surface area contributed by atoms with E-state index >= 15 is 0 Å². The smallest absolute Gasteiger partial charge is 0.145 e. The Bertz CT molecular complexity index is 197. The third-order valence-electron chi connectivity index (χ3n) is 1.42. The van der Waals surface area contributed by atoms with Crippen LogP contribution in [0.3, 0.4) is 0 Å². The standard InChI is InChI=1S/C9H10O/c1-8(7-10)6-9-4-2-3-5-9/h2-7,9H,1H3/b8-6+. The van der Waals surface area contributed by atoms with Gasteiger partial charge < -0.3 is 0 Å². The van der Waals surface area contributed by atoms with E-state index in [2.05, 4.69) is 0 Å². The van der Waals surface area contributed by atoms with Gasteiger partial charge in [-0.3, -0.25) is 4.79 Å². The first-order valence-electron chi connectivity index (χ1n) is 3.31. The molecule has 0 fully saturated rings. The van der Waals surface area contributed by atoms with Crippen molar-refractivity contribution in [1.29, 1.82) is 0 Å². The van der Waals surface area contributed by atoms with Crippen molar-refractivity contribution in [3.63, 3.8) is 0 Å². The molecule has 0 N–H and O–H groups in total. The van der Waals surface area contributed by atoms with Crippen LogP contribution in [0.2, 0.25) is 0 Å². The highest BCUT2D eigenvalue weighted by molar-refractivity contribution is 5.72. The zero-order valence-corrected chi connectivity index (χ0v) is 5.95. The molecule has 0 saturated heterocycles. The summed E-state index contributed by atoms with van der Waals surface area (Å²) in [7, 11) is 0. The first kappa shape index (κ1) is 7.00. The summed E-state index contributed by atoms with van der Waals surface area (Å²) in [6.07, 6.45) is 10.9. The molecule has 1 aliphatic carbocycles. The second kappa shape index (κ2) is 3.16. The summed E-state index contributed by atoms with van der Waals surface area (Å²) in [5.41, 5.74) is 0.793. The normalized spacial score (nSPS) is 18.3. The molecule has 0 aromatic heterocycles. The van der Waals surface area contributed by atoms with Crippen molar-refractivity contribution in [1.82, 2.24) is 0 Å². The van der Waals surface area contributed by atoms with Gasteiger partial charge in [-0.05, 0) is 12.5 Å². The van der Waals surface area contributed by atoms with Crippen LogP contribution in [-0.2, 0) is 4.79 Å². The first-order chi connectivity index (χ1) is 4.83. The summed E-state index contributed by atoms with van der Waals surface area (Å²) >= 11 is 0. The zero-order chi connectivity index (χ0) is 7.40. The van der Waals surface area contributed by atoms with E-state index in [9.17, 15) is 4.79 Å². The molecule has 0 aliphatic heterocycles. The van der Waals surface area contributed by atoms with Crippen LogP contribution < -0.4 is 0 Å². The van der Waals surface area contributed by atoms with Gasteiger partial charge in [0, 0.05) is 5.92 Å². The summed E-state index contributed by atoms with van der Waals surface area (Å²) in [5, 5.41) is 0. The third kappa shape index (κ3) is 1.69. The highest BCUT2D eigenvalue weighted by Crippen LogP contribution is 2.11. The van der Waals surface area contributed by atoms with Gasteiger partial charge >= 0.3 is 0 Å². The molecule has 52 valence electrons. The van der Waals surface area contributed by atoms with Gasteiger partial charge in [-0.25, -0.2) is 0 Å². The minimum Gasteiger partial charge on any atom is -0.298 e. The second-order valence-electron chi connectivity index (χ2n) is 2.38. The predicted octanol–water partition coefficient (Wildman–Crippen LogP) is 1.87. The van der Waals surface area contributed by atoms with Crippen molar-refractivity contribution < 1.29 is 4.79 Å². The molecule has 0 amide bonds. The molecule has 1 aliphatic rings. The van der Waals surface area contributed by atoms with E-state index in [0.29, 0.717) is 5.92 Å². The van der Waals surface area contributed by atoms with Gasteiger partial charge in [-0.2, -0.15) is 0 Å². The Balaban J connectivity index is 2.60. The predicted molar refractivity (Wildman–Crippen MR) is 41.6 cm³/mol. The average Bonchev–Trinajstić information content (AvgIpc) is 2.40. The Labute approximate surface area is 60.7 Å². The summed E-state index contributed by atoms with van der Waals surface area (Å²) in [6, 6.07) is 0. The van der Waals surface area contributed by atoms with Crippen molar-refractivity contribution in [3.05, 3.63) is 36.0 Å². The fraction of sp³-hybridized carbons (Fsp3) is 0.222. The van der Waals surface area contributed by atoms with E-state index in [1.807, 2.05) is 37.3 Å². The van der Waals surface area contributed by atoms with Crippen LogP contribution in [0.5, 0.6) is 0 Å². The maximum absolute atomic E-state index is 10.2. The van der Waals surface area contributed by atoms with Gasteiger partial charge in [0.1, 0.15) is 6.29 Å². The van der Waals surface area contributed by atoms with E-state index in [4.69, 9.17) is 0 Å². The van der Waals surface area contributed by atoms with Crippen molar-refractivity contribution in [2.24, 2.45) is 5.92 Å². The Hall–Kier alpha value is -1.11. The molecule has 0 radical (unpaired) electrons. The third-order valence-corrected chi connectivity index (χ3v) is 1.42. The van der Waals surface area contributed by atoms with Crippen LogP contribution in [0.1, 0.15) is 6.92 Å². The minimum absolute atomic E-state index is 0.338. The largest absolute Gasteiger partial charge is 0.298 e. The fourth-order valence-electron chi connectivity index (χ4n) is 0.903. The van der Waals surface area contributed by atoms with Crippen LogP contribution >= 0.6 is 0 Å². The monoisotopic (exact) mass is 134 g/mol. The van der Waals surface area contributed by atoms with Gasteiger partial charge in [0.25, 0.3) is 0 Å². The number of hydrogen-bond donors (Lipinski definition) is 0. The molecule has 1 nitrogen and oxygen atoms in total. The molecule has 0 heterocycles. The SMILES string of the molecule is C/C(C=O)=C\C1C=CC=C1. The lowest BCUT2D eigenvalue weighted by molar-refractivity contribution is -0.104. The quantitative estimate of drug-likeness (QED) is 0.416. The van der Waals surface area contributed by atoms with Crippen molar-refractivity contribution in [3.8, 4) is 0 Å². The lowest BCUT2D eigenvalue weighted by Gasteiger charge is -1.94.